The molecule has 1 aromatic rings. The summed E-state index contributed by atoms with van der Waals surface area (Å²) in [6.07, 6.45) is 2.59. The lowest BCUT2D eigenvalue weighted by Gasteiger charge is -2.24. The van der Waals surface area contributed by atoms with Gasteiger partial charge in [0.15, 0.2) is 0 Å². The third-order valence-electron chi connectivity index (χ3n) is 3.40. The van der Waals surface area contributed by atoms with Gasteiger partial charge in [0.1, 0.15) is 0 Å². The van der Waals surface area contributed by atoms with Crippen molar-refractivity contribution in [3.05, 3.63) is 28.3 Å². The Kier molecular flexibility index (Phi) is 4.30. The van der Waals surface area contributed by atoms with Gasteiger partial charge in [-0.15, -0.1) is 0 Å². The van der Waals surface area contributed by atoms with Gasteiger partial charge < -0.3 is 10.6 Å². The highest BCUT2D eigenvalue weighted by Crippen LogP contribution is 2.27. The van der Waals surface area contributed by atoms with Crippen LogP contribution in [0, 0.1) is 19.8 Å². The Morgan fingerprint density at radius 2 is 2.24 bits per heavy atom. The molecule has 1 aromatic carbocycles. The Morgan fingerprint density at radius 3 is 2.88 bits per heavy atom. The number of piperidine rings is 1. The molecule has 2 rings (SSSR count). The Morgan fingerprint density at radius 1 is 1.41 bits per heavy atom. The van der Waals surface area contributed by atoms with Crippen molar-refractivity contribution in [2.45, 2.75) is 26.7 Å². The van der Waals surface area contributed by atoms with E-state index in [-0.39, 0.29) is 0 Å². The minimum Gasteiger partial charge on any atom is -0.383 e. The molecule has 1 fully saturated rings. The van der Waals surface area contributed by atoms with Gasteiger partial charge in [-0.2, -0.15) is 0 Å². The predicted molar refractivity (Wildman–Crippen MR) is 75.0 cm³/mol. The van der Waals surface area contributed by atoms with E-state index in [0.717, 1.165) is 29.7 Å². The summed E-state index contributed by atoms with van der Waals surface area (Å²) in [5.74, 6) is 0.723. The molecule has 94 valence electrons. The van der Waals surface area contributed by atoms with Crippen molar-refractivity contribution in [2.24, 2.45) is 5.92 Å². The molecule has 0 saturated carbocycles. The van der Waals surface area contributed by atoms with Crippen LogP contribution in [0.2, 0.25) is 5.02 Å². The van der Waals surface area contributed by atoms with Gasteiger partial charge in [0, 0.05) is 6.54 Å². The molecule has 2 N–H and O–H groups in total. The second-order valence-electron chi connectivity index (χ2n) is 5.03. The van der Waals surface area contributed by atoms with E-state index in [4.69, 9.17) is 11.6 Å². The van der Waals surface area contributed by atoms with E-state index in [2.05, 4.69) is 30.5 Å². The number of halogens is 1. The number of hydrogen-bond donors (Lipinski definition) is 2. The minimum absolute atomic E-state index is 0.723. The molecule has 17 heavy (non-hydrogen) atoms. The highest BCUT2D eigenvalue weighted by Gasteiger charge is 2.13. The first kappa shape index (κ1) is 12.7. The summed E-state index contributed by atoms with van der Waals surface area (Å²) in [4.78, 5) is 0. The Hall–Kier alpha value is -0.730. The smallest absolute Gasteiger partial charge is 0.0642 e. The van der Waals surface area contributed by atoms with E-state index in [1.165, 1.54) is 30.5 Å². The molecule has 1 heterocycles. The van der Waals surface area contributed by atoms with Gasteiger partial charge in [-0.3, -0.25) is 0 Å². The molecule has 0 spiro atoms. The van der Waals surface area contributed by atoms with Crippen molar-refractivity contribution in [1.29, 1.82) is 0 Å². The van der Waals surface area contributed by atoms with Crippen LogP contribution in [0.4, 0.5) is 5.69 Å². The first-order chi connectivity index (χ1) is 8.16. The molecule has 2 nitrogen and oxygen atoms in total. The Bertz CT molecular complexity index is 361. The first-order valence-corrected chi connectivity index (χ1v) is 6.76. The van der Waals surface area contributed by atoms with Crippen LogP contribution in [-0.4, -0.2) is 19.6 Å². The van der Waals surface area contributed by atoms with Gasteiger partial charge >= 0.3 is 0 Å². The lowest BCUT2D eigenvalue weighted by Crippen LogP contribution is -2.33. The lowest BCUT2D eigenvalue weighted by atomic mass is 9.99. The number of nitrogens with one attached hydrogen (secondary N) is 2. The van der Waals surface area contributed by atoms with Crippen LogP contribution in [0.5, 0.6) is 0 Å². The summed E-state index contributed by atoms with van der Waals surface area (Å²) < 4.78 is 0. The molecule has 1 aliphatic heterocycles. The maximum atomic E-state index is 6.27. The zero-order valence-electron chi connectivity index (χ0n) is 10.6. The number of rotatable bonds is 3. The zero-order chi connectivity index (χ0) is 12.3. The molecule has 0 bridgehead atoms. The highest BCUT2D eigenvalue weighted by molar-refractivity contribution is 6.33. The van der Waals surface area contributed by atoms with Gasteiger partial charge in [0.05, 0.1) is 10.7 Å². The van der Waals surface area contributed by atoms with Crippen molar-refractivity contribution in [3.8, 4) is 0 Å². The van der Waals surface area contributed by atoms with Crippen LogP contribution in [0.3, 0.4) is 0 Å². The summed E-state index contributed by atoms with van der Waals surface area (Å²) in [5.41, 5.74) is 3.55. The summed E-state index contributed by atoms with van der Waals surface area (Å²) in [6.45, 7) is 7.49. The minimum atomic E-state index is 0.723. The molecule has 0 radical (unpaired) electrons. The number of benzene rings is 1. The number of aryl methyl sites for hydroxylation is 2. The highest BCUT2D eigenvalue weighted by atomic mass is 35.5. The topological polar surface area (TPSA) is 24.1 Å². The van der Waals surface area contributed by atoms with Crippen molar-refractivity contribution >= 4 is 17.3 Å². The Labute approximate surface area is 109 Å². The summed E-state index contributed by atoms with van der Waals surface area (Å²) in [7, 11) is 0. The predicted octanol–water partition coefficient (Wildman–Crippen LogP) is 3.37. The molecule has 0 amide bonds. The number of anilines is 1. The standard InChI is InChI=1S/C14H21ClN2/c1-10-6-11(2)14(13(15)7-10)17-9-12-4-3-5-16-8-12/h6-7,12,16-17H,3-5,8-9H2,1-2H3. The van der Waals surface area contributed by atoms with E-state index in [1.807, 2.05) is 6.07 Å². The maximum Gasteiger partial charge on any atom is 0.0642 e. The summed E-state index contributed by atoms with van der Waals surface area (Å²) in [5, 5.41) is 7.78. The molecular formula is C14H21ClN2. The fraction of sp³-hybridized carbons (Fsp3) is 0.571. The van der Waals surface area contributed by atoms with E-state index in [9.17, 15) is 0 Å². The molecule has 0 aromatic heterocycles. The molecule has 1 atom stereocenters. The van der Waals surface area contributed by atoms with Crippen LogP contribution < -0.4 is 10.6 Å². The van der Waals surface area contributed by atoms with Crippen molar-refractivity contribution < 1.29 is 0 Å². The first-order valence-electron chi connectivity index (χ1n) is 6.38. The van der Waals surface area contributed by atoms with Gasteiger partial charge in [-0.05, 0) is 62.9 Å². The fourth-order valence-corrected chi connectivity index (χ4v) is 2.87. The summed E-state index contributed by atoms with van der Waals surface area (Å²) in [6, 6.07) is 4.20. The SMILES string of the molecule is Cc1cc(C)c(NCC2CCCNC2)c(Cl)c1. The van der Waals surface area contributed by atoms with E-state index in [1.54, 1.807) is 0 Å². The molecule has 0 aliphatic carbocycles. The summed E-state index contributed by atoms with van der Waals surface area (Å²) >= 11 is 6.27. The quantitative estimate of drug-likeness (QED) is 0.862. The second kappa shape index (κ2) is 5.74. The van der Waals surface area contributed by atoms with Crippen LogP contribution >= 0.6 is 11.6 Å². The average molecular weight is 253 g/mol. The normalized spacial score (nSPS) is 20.3. The molecule has 1 aliphatic rings. The number of hydrogen-bond acceptors (Lipinski definition) is 2. The Balaban J connectivity index is 1.98. The third-order valence-corrected chi connectivity index (χ3v) is 3.70. The van der Waals surface area contributed by atoms with Crippen molar-refractivity contribution in [3.63, 3.8) is 0 Å². The van der Waals surface area contributed by atoms with Gasteiger partial charge in [-0.1, -0.05) is 17.7 Å². The maximum absolute atomic E-state index is 6.27. The van der Waals surface area contributed by atoms with Crippen LogP contribution in [-0.2, 0) is 0 Å². The van der Waals surface area contributed by atoms with Gasteiger partial charge in [-0.25, -0.2) is 0 Å². The van der Waals surface area contributed by atoms with E-state index >= 15 is 0 Å². The van der Waals surface area contributed by atoms with Crippen LogP contribution in [0.15, 0.2) is 12.1 Å². The van der Waals surface area contributed by atoms with Crippen LogP contribution in [0.25, 0.3) is 0 Å². The molecule has 3 heteroatoms. The average Bonchev–Trinajstić information content (AvgIpc) is 2.29. The van der Waals surface area contributed by atoms with Crippen LogP contribution in [0.1, 0.15) is 24.0 Å². The van der Waals surface area contributed by atoms with Gasteiger partial charge in [0.2, 0.25) is 0 Å². The van der Waals surface area contributed by atoms with Gasteiger partial charge in [0.25, 0.3) is 0 Å². The third kappa shape index (κ3) is 3.36. The van der Waals surface area contributed by atoms with Crippen molar-refractivity contribution in [1.82, 2.24) is 5.32 Å². The fourth-order valence-electron chi connectivity index (χ4n) is 2.48. The van der Waals surface area contributed by atoms with Crippen molar-refractivity contribution in [2.75, 3.05) is 25.0 Å². The molecule has 1 saturated heterocycles. The zero-order valence-corrected chi connectivity index (χ0v) is 11.4. The largest absolute Gasteiger partial charge is 0.383 e. The lowest BCUT2D eigenvalue weighted by molar-refractivity contribution is 0.393. The monoisotopic (exact) mass is 252 g/mol. The molecular weight excluding hydrogens is 232 g/mol. The van der Waals surface area contributed by atoms with E-state index < -0.39 is 0 Å². The second-order valence-corrected chi connectivity index (χ2v) is 5.44. The van der Waals surface area contributed by atoms with E-state index in [0.29, 0.717) is 0 Å². The molecule has 1 unspecified atom stereocenters.